The Bertz CT molecular complexity index is 1130. The summed E-state index contributed by atoms with van der Waals surface area (Å²) in [5.74, 6) is 1.08. The molecular weight excluding hydrogens is 539 g/mol. The van der Waals surface area contributed by atoms with E-state index in [4.69, 9.17) is 9.97 Å². The molecule has 0 aliphatic carbocycles. The number of para-hydroxylation sites is 1. The summed E-state index contributed by atoms with van der Waals surface area (Å²) in [6, 6.07) is 10.4. The second-order valence-corrected chi connectivity index (χ2v) is 15.3. The first-order valence-corrected chi connectivity index (χ1v) is 16.4. The van der Waals surface area contributed by atoms with Crippen molar-refractivity contribution in [3.05, 3.63) is 36.0 Å². The molecule has 1 fully saturated rings. The number of nitrogens with zero attached hydrogens (tertiary/aromatic N) is 4. The summed E-state index contributed by atoms with van der Waals surface area (Å²) in [4.78, 5) is 28.5. The molecule has 3 aromatic rings. The van der Waals surface area contributed by atoms with Gasteiger partial charge in [-0.3, -0.25) is 14.6 Å². The van der Waals surface area contributed by atoms with Crippen LogP contribution < -0.4 is 5.32 Å². The zero-order chi connectivity index (χ0) is 26.4. The minimum Gasteiger partial charge on any atom is -0.322 e. The highest BCUT2D eigenvalue weighted by Crippen LogP contribution is 2.38. The molecule has 37 heavy (non-hydrogen) atoms. The molecule has 3 heterocycles. The monoisotopic (exact) mass is 575 g/mol. The first-order chi connectivity index (χ1) is 17.8. The maximum atomic E-state index is 13.1. The number of aryl methyl sites for hydroxylation is 1. The Labute approximate surface area is 237 Å². The van der Waals surface area contributed by atoms with Gasteiger partial charge in [0, 0.05) is 59.6 Å². The zero-order valence-corrected chi connectivity index (χ0v) is 25.6. The fourth-order valence-corrected chi connectivity index (χ4v) is 8.25. The number of rotatable bonds is 11. The summed E-state index contributed by atoms with van der Waals surface area (Å²) in [6.07, 6.45) is 0. The highest BCUT2D eigenvalue weighted by atomic mass is 32.2. The molecule has 1 aromatic carbocycles. The van der Waals surface area contributed by atoms with Crippen LogP contribution in [0.3, 0.4) is 0 Å². The van der Waals surface area contributed by atoms with Gasteiger partial charge in [0.05, 0.1) is 22.4 Å². The first kappa shape index (κ1) is 28.7. The summed E-state index contributed by atoms with van der Waals surface area (Å²) in [6.45, 7) is 16.0. The highest BCUT2D eigenvalue weighted by Gasteiger charge is 2.22. The Morgan fingerprint density at radius 1 is 1.03 bits per heavy atom. The SMILES string of the molecule is Cc1cc(SC(C)C)c(NC(=O)CN2CCN(CCSc3nc4ccccc4s3)CC2)c(SC(C)C)n1. The number of piperazine rings is 1. The molecule has 6 nitrogen and oxygen atoms in total. The Hall–Kier alpha value is -1.30. The number of hydrogen-bond donors (Lipinski definition) is 1. The van der Waals surface area contributed by atoms with Crippen LogP contribution in [0.5, 0.6) is 0 Å². The molecular formula is C27H37N5OS4. The van der Waals surface area contributed by atoms with Crippen LogP contribution in [0.4, 0.5) is 5.69 Å². The van der Waals surface area contributed by atoms with Crippen LogP contribution in [0.2, 0.25) is 0 Å². The number of thiazole rings is 1. The lowest BCUT2D eigenvalue weighted by Gasteiger charge is -2.34. The van der Waals surface area contributed by atoms with Gasteiger partial charge in [-0.05, 0) is 25.1 Å². The summed E-state index contributed by atoms with van der Waals surface area (Å²) < 4.78 is 2.40. The molecule has 1 amide bonds. The molecule has 4 rings (SSSR count). The lowest BCUT2D eigenvalue weighted by Crippen LogP contribution is -2.49. The lowest BCUT2D eigenvalue weighted by molar-refractivity contribution is -0.117. The van der Waals surface area contributed by atoms with Gasteiger partial charge in [0.15, 0.2) is 4.34 Å². The number of hydrogen-bond acceptors (Lipinski definition) is 9. The van der Waals surface area contributed by atoms with Crippen LogP contribution in [-0.4, -0.2) is 81.2 Å². The molecule has 0 spiro atoms. The van der Waals surface area contributed by atoms with Crippen LogP contribution in [0.25, 0.3) is 10.2 Å². The predicted molar refractivity (Wildman–Crippen MR) is 163 cm³/mol. The number of anilines is 1. The average molecular weight is 576 g/mol. The van der Waals surface area contributed by atoms with Crippen molar-refractivity contribution >= 4 is 68.4 Å². The Balaban J connectivity index is 1.26. The van der Waals surface area contributed by atoms with Crippen LogP contribution >= 0.6 is 46.6 Å². The number of nitrogens with one attached hydrogen (secondary N) is 1. The van der Waals surface area contributed by atoms with Crippen molar-refractivity contribution in [1.82, 2.24) is 19.8 Å². The third-order valence-electron chi connectivity index (χ3n) is 5.79. The number of thioether (sulfide) groups is 3. The summed E-state index contributed by atoms with van der Waals surface area (Å²) in [5.41, 5.74) is 2.95. The summed E-state index contributed by atoms with van der Waals surface area (Å²) >= 11 is 7.11. The molecule has 0 radical (unpaired) electrons. The number of fused-ring (bicyclic) bond motifs is 1. The Morgan fingerprint density at radius 3 is 2.43 bits per heavy atom. The van der Waals surface area contributed by atoms with Gasteiger partial charge in [0.2, 0.25) is 5.91 Å². The van der Waals surface area contributed by atoms with E-state index in [1.165, 1.54) is 4.70 Å². The second-order valence-electron chi connectivity index (χ2n) is 9.74. The van der Waals surface area contributed by atoms with E-state index in [1.54, 1.807) is 34.9 Å². The maximum Gasteiger partial charge on any atom is 0.238 e. The molecule has 0 atom stereocenters. The molecule has 1 N–H and O–H groups in total. The lowest BCUT2D eigenvalue weighted by atomic mass is 10.3. The van der Waals surface area contributed by atoms with Crippen molar-refractivity contribution < 1.29 is 4.79 Å². The quantitative estimate of drug-likeness (QED) is 0.266. The molecule has 1 aliphatic rings. The van der Waals surface area contributed by atoms with Crippen molar-refractivity contribution in [2.24, 2.45) is 0 Å². The normalized spacial score (nSPS) is 15.2. The minimum absolute atomic E-state index is 0.0432. The standard InChI is InChI=1S/C27H37N5OS4/c1-18(2)35-23-16-20(5)28-26(36-19(3)4)25(23)30-24(33)17-32-12-10-31(11-13-32)14-15-34-27-29-21-8-6-7-9-22(21)37-27/h6-9,16,18-19H,10-15,17H2,1-5H3,(H,30,33). The van der Waals surface area contributed by atoms with Gasteiger partial charge < -0.3 is 5.32 Å². The summed E-state index contributed by atoms with van der Waals surface area (Å²) in [7, 11) is 0. The molecule has 1 saturated heterocycles. The van der Waals surface area contributed by atoms with Gasteiger partial charge >= 0.3 is 0 Å². The number of carbonyl (C=O) groups excluding carboxylic acids is 1. The largest absolute Gasteiger partial charge is 0.322 e. The number of benzene rings is 1. The van der Waals surface area contributed by atoms with Gasteiger partial charge in [-0.15, -0.1) is 34.9 Å². The van der Waals surface area contributed by atoms with Gasteiger partial charge in [0.25, 0.3) is 0 Å². The molecule has 200 valence electrons. The van der Waals surface area contributed by atoms with Crippen LogP contribution in [0.15, 0.2) is 44.6 Å². The third kappa shape index (κ3) is 8.60. The van der Waals surface area contributed by atoms with E-state index in [9.17, 15) is 4.79 Å². The highest BCUT2D eigenvalue weighted by molar-refractivity contribution is 8.01. The van der Waals surface area contributed by atoms with E-state index in [1.807, 2.05) is 24.8 Å². The predicted octanol–water partition coefficient (Wildman–Crippen LogP) is 6.35. The smallest absolute Gasteiger partial charge is 0.238 e. The van der Waals surface area contributed by atoms with E-state index < -0.39 is 0 Å². The molecule has 0 saturated carbocycles. The van der Waals surface area contributed by atoms with Crippen molar-refractivity contribution in [3.63, 3.8) is 0 Å². The molecule has 1 aliphatic heterocycles. The second kappa shape index (κ2) is 13.7. The van der Waals surface area contributed by atoms with Crippen molar-refractivity contribution in [2.75, 3.05) is 50.3 Å². The van der Waals surface area contributed by atoms with Crippen LogP contribution in [-0.2, 0) is 4.79 Å². The number of carbonyl (C=O) groups is 1. The van der Waals surface area contributed by atoms with Gasteiger partial charge in [0.1, 0.15) is 5.03 Å². The average Bonchev–Trinajstić information content (AvgIpc) is 3.24. The van der Waals surface area contributed by atoms with Crippen molar-refractivity contribution in [1.29, 1.82) is 0 Å². The van der Waals surface area contributed by atoms with E-state index in [0.29, 0.717) is 17.0 Å². The van der Waals surface area contributed by atoms with Crippen molar-refractivity contribution in [2.45, 2.75) is 59.4 Å². The Morgan fingerprint density at radius 2 is 1.73 bits per heavy atom. The molecule has 2 aromatic heterocycles. The van der Waals surface area contributed by atoms with E-state index in [2.05, 4.69) is 67.1 Å². The first-order valence-electron chi connectivity index (χ1n) is 12.8. The minimum atomic E-state index is 0.0432. The summed E-state index contributed by atoms with van der Waals surface area (Å²) in [5, 5.41) is 4.97. The van der Waals surface area contributed by atoms with Gasteiger partial charge in [-0.2, -0.15) is 0 Å². The fourth-order valence-electron chi connectivity index (χ4n) is 4.11. The number of aromatic nitrogens is 2. The third-order valence-corrected chi connectivity index (χ3v) is 9.99. The van der Waals surface area contributed by atoms with Gasteiger partial charge in [-0.1, -0.05) is 51.6 Å². The number of amides is 1. The maximum absolute atomic E-state index is 13.1. The molecule has 0 unspecified atom stereocenters. The van der Waals surface area contributed by atoms with Gasteiger partial charge in [-0.25, -0.2) is 9.97 Å². The molecule has 10 heteroatoms. The van der Waals surface area contributed by atoms with Crippen LogP contribution in [0, 0.1) is 6.92 Å². The van der Waals surface area contributed by atoms with Crippen LogP contribution in [0.1, 0.15) is 33.4 Å². The zero-order valence-electron chi connectivity index (χ0n) is 22.3. The van der Waals surface area contributed by atoms with E-state index >= 15 is 0 Å². The van der Waals surface area contributed by atoms with Crippen molar-refractivity contribution in [3.8, 4) is 0 Å². The number of pyridine rings is 1. The fraction of sp³-hybridized carbons (Fsp3) is 0.519. The van der Waals surface area contributed by atoms with E-state index in [0.717, 1.165) is 69.6 Å². The Kier molecular flexibility index (Phi) is 10.6. The van der Waals surface area contributed by atoms with E-state index in [-0.39, 0.29) is 5.91 Å². The molecule has 0 bridgehead atoms. The topological polar surface area (TPSA) is 61.4 Å².